The van der Waals surface area contributed by atoms with Crippen LogP contribution in [0.5, 0.6) is 0 Å². The lowest BCUT2D eigenvalue weighted by Crippen LogP contribution is -2.43. The zero-order valence-corrected chi connectivity index (χ0v) is 17.2. The summed E-state index contributed by atoms with van der Waals surface area (Å²) in [6, 6.07) is 13.9. The molecular weight excluding hydrogens is 382 g/mol. The highest BCUT2D eigenvalue weighted by Crippen LogP contribution is 2.26. The minimum absolute atomic E-state index is 0.157. The maximum atomic E-state index is 13.1. The second-order valence-corrected chi connectivity index (χ2v) is 11.4. The Kier molecular flexibility index (Phi) is 5.74. The molecule has 7 heteroatoms. The standard InChI is InChI=1S/C20H25NO4S2/c1-3-16-8-10-18(11-9-16)27(24,25)20-14-26(22,23)13-19(20)21-12-17-7-5-4-6-15(17)2/h4-11,19-21H,3,12-14H2,1-2H3/t19-,20+/m1/s1. The van der Waals surface area contributed by atoms with Crippen molar-refractivity contribution in [1.82, 2.24) is 5.32 Å². The van der Waals surface area contributed by atoms with Gasteiger partial charge in [-0.25, -0.2) is 16.8 Å². The first-order chi connectivity index (χ1) is 12.7. The van der Waals surface area contributed by atoms with Crippen LogP contribution in [-0.4, -0.2) is 39.6 Å². The Labute approximate surface area is 161 Å². The van der Waals surface area contributed by atoms with Gasteiger partial charge in [0.05, 0.1) is 21.7 Å². The van der Waals surface area contributed by atoms with Crippen molar-refractivity contribution in [3.63, 3.8) is 0 Å². The number of sulfone groups is 2. The minimum Gasteiger partial charge on any atom is -0.308 e. The predicted octanol–water partition coefficient (Wildman–Crippen LogP) is 2.29. The van der Waals surface area contributed by atoms with E-state index in [-0.39, 0.29) is 16.4 Å². The molecule has 2 aromatic carbocycles. The van der Waals surface area contributed by atoms with E-state index in [1.54, 1.807) is 24.3 Å². The van der Waals surface area contributed by atoms with Gasteiger partial charge in [0.2, 0.25) is 0 Å². The molecule has 1 saturated heterocycles. The highest BCUT2D eigenvalue weighted by molar-refractivity contribution is 7.96. The topological polar surface area (TPSA) is 80.3 Å². The van der Waals surface area contributed by atoms with E-state index in [1.165, 1.54) is 0 Å². The number of hydrogen-bond donors (Lipinski definition) is 1. The molecule has 3 rings (SSSR count). The van der Waals surface area contributed by atoms with E-state index >= 15 is 0 Å². The number of rotatable bonds is 6. The van der Waals surface area contributed by atoms with Crippen LogP contribution < -0.4 is 5.32 Å². The van der Waals surface area contributed by atoms with E-state index in [2.05, 4.69) is 5.32 Å². The zero-order chi connectivity index (χ0) is 19.7. The van der Waals surface area contributed by atoms with Crippen LogP contribution in [0.4, 0.5) is 0 Å². The quantitative estimate of drug-likeness (QED) is 0.795. The van der Waals surface area contributed by atoms with Crippen LogP contribution in [0.3, 0.4) is 0 Å². The Morgan fingerprint density at radius 3 is 2.33 bits per heavy atom. The first-order valence-electron chi connectivity index (χ1n) is 9.04. The van der Waals surface area contributed by atoms with Crippen LogP contribution in [0.25, 0.3) is 0 Å². The average Bonchev–Trinajstić information content (AvgIpc) is 2.96. The van der Waals surface area contributed by atoms with Crippen LogP contribution in [0, 0.1) is 6.92 Å². The first kappa shape index (κ1) is 20.0. The molecule has 0 bridgehead atoms. The Hall–Kier alpha value is -1.70. The molecule has 0 radical (unpaired) electrons. The van der Waals surface area contributed by atoms with Gasteiger partial charge in [-0.2, -0.15) is 0 Å². The molecule has 1 fully saturated rings. The van der Waals surface area contributed by atoms with E-state index in [0.29, 0.717) is 6.54 Å². The Bertz CT molecular complexity index is 1010. The molecule has 1 aliphatic heterocycles. The second kappa shape index (κ2) is 7.73. The largest absolute Gasteiger partial charge is 0.308 e. The summed E-state index contributed by atoms with van der Waals surface area (Å²) < 4.78 is 50.6. The van der Waals surface area contributed by atoms with Crippen molar-refractivity contribution in [2.24, 2.45) is 0 Å². The minimum atomic E-state index is -3.74. The number of hydrogen-bond acceptors (Lipinski definition) is 5. The molecule has 0 amide bonds. The lowest BCUT2D eigenvalue weighted by Gasteiger charge is -2.20. The summed E-state index contributed by atoms with van der Waals surface area (Å²) in [5.74, 6) is -0.494. The van der Waals surface area contributed by atoms with Gasteiger partial charge in [0.15, 0.2) is 19.7 Å². The lowest BCUT2D eigenvalue weighted by atomic mass is 10.1. The molecule has 0 saturated carbocycles. The van der Waals surface area contributed by atoms with Gasteiger partial charge < -0.3 is 5.32 Å². The SMILES string of the molecule is CCc1ccc(S(=O)(=O)[C@H]2CS(=O)(=O)C[C@H]2NCc2ccccc2C)cc1. The molecule has 1 heterocycles. The third kappa shape index (κ3) is 4.42. The van der Waals surface area contributed by atoms with E-state index in [0.717, 1.165) is 23.1 Å². The molecule has 27 heavy (non-hydrogen) atoms. The third-order valence-electron chi connectivity index (χ3n) is 5.18. The van der Waals surface area contributed by atoms with Gasteiger partial charge in [0.25, 0.3) is 0 Å². The van der Waals surface area contributed by atoms with Gasteiger partial charge in [-0.1, -0.05) is 43.3 Å². The van der Waals surface area contributed by atoms with Gasteiger partial charge in [-0.15, -0.1) is 0 Å². The van der Waals surface area contributed by atoms with Crippen LogP contribution >= 0.6 is 0 Å². The average molecular weight is 408 g/mol. The molecule has 0 unspecified atom stereocenters. The van der Waals surface area contributed by atoms with Crippen LogP contribution in [-0.2, 0) is 32.6 Å². The van der Waals surface area contributed by atoms with E-state index in [1.807, 2.05) is 38.1 Å². The molecular formula is C20H25NO4S2. The fourth-order valence-corrected chi connectivity index (χ4v) is 8.17. The smallest absolute Gasteiger partial charge is 0.183 e. The Morgan fingerprint density at radius 2 is 1.70 bits per heavy atom. The van der Waals surface area contributed by atoms with Crippen molar-refractivity contribution in [1.29, 1.82) is 0 Å². The van der Waals surface area contributed by atoms with Gasteiger partial charge in [0.1, 0.15) is 0 Å². The van der Waals surface area contributed by atoms with E-state index in [4.69, 9.17) is 0 Å². The fraction of sp³-hybridized carbons (Fsp3) is 0.400. The van der Waals surface area contributed by atoms with Gasteiger partial charge >= 0.3 is 0 Å². The molecule has 146 valence electrons. The van der Waals surface area contributed by atoms with Crippen molar-refractivity contribution in [3.8, 4) is 0 Å². The highest BCUT2D eigenvalue weighted by atomic mass is 32.2. The molecule has 0 aliphatic carbocycles. The van der Waals surface area contributed by atoms with E-state index in [9.17, 15) is 16.8 Å². The van der Waals surface area contributed by atoms with Gasteiger partial charge in [-0.3, -0.25) is 0 Å². The summed E-state index contributed by atoms with van der Waals surface area (Å²) in [6.07, 6.45) is 0.818. The van der Waals surface area contributed by atoms with Crippen molar-refractivity contribution < 1.29 is 16.8 Å². The molecule has 1 aliphatic rings. The number of aryl methyl sites for hydroxylation is 2. The maximum absolute atomic E-state index is 13.1. The predicted molar refractivity (Wildman–Crippen MR) is 107 cm³/mol. The zero-order valence-electron chi connectivity index (χ0n) is 15.6. The van der Waals surface area contributed by atoms with Crippen molar-refractivity contribution >= 4 is 19.7 Å². The first-order valence-corrected chi connectivity index (χ1v) is 12.4. The number of nitrogens with one attached hydrogen (secondary N) is 1. The monoisotopic (exact) mass is 407 g/mol. The molecule has 0 aromatic heterocycles. The van der Waals surface area contributed by atoms with E-state index < -0.39 is 31.0 Å². The van der Waals surface area contributed by atoms with Crippen LogP contribution in [0.2, 0.25) is 0 Å². The molecule has 2 aromatic rings. The summed E-state index contributed by atoms with van der Waals surface area (Å²) in [5, 5.41) is 2.21. The molecule has 1 N–H and O–H groups in total. The maximum Gasteiger partial charge on any atom is 0.183 e. The summed E-state index contributed by atoms with van der Waals surface area (Å²) in [6.45, 7) is 4.41. The number of benzene rings is 2. The van der Waals surface area contributed by atoms with Crippen LogP contribution in [0.1, 0.15) is 23.6 Å². The highest BCUT2D eigenvalue weighted by Gasteiger charge is 2.45. The second-order valence-electron chi connectivity index (χ2n) is 7.07. The van der Waals surface area contributed by atoms with Crippen molar-refractivity contribution in [2.75, 3.05) is 11.5 Å². The fourth-order valence-electron chi connectivity index (χ4n) is 3.45. The third-order valence-corrected chi connectivity index (χ3v) is 9.34. The van der Waals surface area contributed by atoms with Crippen molar-refractivity contribution in [3.05, 3.63) is 65.2 Å². The van der Waals surface area contributed by atoms with Gasteiger partial charge in [0, 0.05) is 12.6 Å². The summed E-state index contributed by atoms with van der Waals surface area (Å²) >= 11 is 0. The summed E-state index contributed by atoms with van der Waals surface area (Å²) in [7, 11) is -7.14. The van der Waals surface area contributed by atoms with Crippen molar-refractivity contribution in [2.45, 2.75) is 43.0 Å². The summed E-state index contributed by atoms with van der Waals surface area (Å²) in [4.78, 5) is 0.185. The Morgan fingerprint density at radius 1 is 1.04 bits per heavy atom. The van der Waals surface area contributed by atoms with Gasteiger partial charge in [-0.05, 0) is 42.2 Å². The lowest BCUT2D eigenvalue weighted by molar-refractivity contribution is 0.525. The molecule has 5 nitrogen and oxygen atoms in total. The molecule has 2 atom stereocenters. The van der Waals surface area contributed by atoms with Crippen LogP contribution in [0.15, 0.2) is 53.4 Å². The Balaban J connectivity index is 1.85. The molecule has 0 spiro atoms. The summed E-state index contributed by atoms with van der Waals surface area (Å²) in [5.41, 5.74) is 3.16. The normalized spacial score (nSPS) is 22.0.